The fourth-order valence-electron chi connectivity index (χ4n) is 3.77. The third kappa shape index (κ3) is 4.47. The Morgan fingerprint density at radius 1 is 1.00 bits per heavy atom. The number of alkyl carbamates (subject to hydrolysis) is 1. The number of hydrogen-bond donors (Lipinski definition) is 2. The quantitative estimate of drug-likeness (QED) is 0.531. The maximum Gasteiger partial charge on any atom is 0.407 e. The van der Waals surface area contributed by atoms with Gasteiger partial charge in [0, 0.05) is 17.5 Å². The van der Waals surface area contributed by atoms with Gasteiger partial charge in [-0.1, -0.05) is 78.4 Å². The summed E-state index contributed by atoms with van der Waals surface area (Å²) in [5.74, 6) is -1.02. The molecule has 0 aromatic heterocycles. The summed E-state index contributed by atoms with van der Waals surface area (Å²) >= 11 is 6.09. The first-order chi connectivity index (χ1) is 15.0. The molecule has 3 aromatic rings. The number of carboxylic acids is 1. The van der Waals surface area contributed by atoms with Crippen LogP contribution in [0.15, 0.2) is 72.8 Å². The average Bonchev–Trinajstić information content (AvgIpc) is 3.10. The summed E-state index contributed by atoms with van der Waals surface area (Å²) in [6, 6.07) is 20.8. The highest BCUT2D eigenvalue weighted by atomic mass is 35.5. The molecular formula is C25H20ClNO4. The van der Waals surface area contributed by atoms with Gasteiger partial charge in [0.15, 0.2) is 0 Å². The zero-order valence-electron chi connectivity index (χ0n) is 16.5. The molecule has 0 aliphatic heterocycles. The number of aromatic carboxylic acids is 1. The second-order valence-electron chi connectivity index (χ2n) is 7.15. The first-order valence-electron chi connectivity index (χ1n) is 9.83. The van der Waals surface area contributed by atoms with Crippen LogP contribution in [0.5, 0.6) is 0 Å². The Kier molecular flexibility index (Phi) is 6.05. The molecule has 0 saturated carbocycles. The Morgan fingerprint density at radius 2 is 1.65 bits per heavy atom. The van der Waals surface area contributed by atoms with E-state index in [-0.39, 0.29) is 24.6 Å². The van der Waals surface area contributed by atoms with Crippen LogP contribution < -0.4 is 5.32 Å². The predicted octanol–water partition coefficient (Wildman–Crippen LogP) is 5.59. The van der Waals surface area contributed by atoms with Gasteiger partial charge in [-0.2, -0.15) is 0 Å². The molecule has 1 amide bonds. The standard InChI is InChI=1S/C25H20ClNO4/c26-23-14-17(24(28)29)12-11-16(23)6-5-13-27-25(30)31-15-22-20-9-3-1-7-18(20)19-8-2-4-10-21(19)22/h1-12,14,22H,13,15H2,(H,27,30)(H,28,29). The highest BCUT2D eigenvalue weighted by molar-refractivity contribution is 6.32. The number of carbonyl (C=O) groups is 2. The van der Waals surface area contributed by atoms with Gasteiger partial charge >= 0.3 is 12.1 Å². The largest absolute Gasteiger partial charge is 0.478 e. The number of nitrogens with one attached hydrogen (secondary N) is 1. The molecule has 31 heavy (non-hydrogen) atoms. The molecule has 0 bridgehead atoms. The monoisotopic (exact) mass is 433 g/mol. The minimum atomic E-state index is -1.03. The van der Waals surface area contributed by atoms with Crippen molar-refractivity contribution in [2.75, 3.05) is 13.2 Å². The number of benzene rings is 3. The summed E-state index contributed by atoms with van der Waals surface area (Å²) in [5, 5.41) is 12.0. The Balaban J connectivity index is 1.32. The number of rotatable bonds is 6. The van der Waals surface area contributed by atoms with Crippen LogP contribution in [-0.2, 0) is 4.74 Å². The molecule has 0 unspecified atom stereocenters. The number of carboxylic acid groups (broad SMARTS) is 1. The number of amides is 1. The normalized spacial score (nSPS) is 12.4. The van der Waals surface area contributed by atoms with E-state index in [1.807, 2.05) is 24.3 Å². The molecular weight excluding hydrogens is 414 g/mol. The molecule has 0 saturated heterocycles. The van der Waals surface area contributed by atoms with Gasteiger partial charge < -0.3 is 15.2 Å². The third-order valence-corrected chi connectivity index (χ3v) is 5.58. The van der Waals surface area contributed by atoms with Gasteiger partial charge in [-0.25, -0.2) is 9.59 Å². The van der Waals surface area contributed by atoms with Gasteiger partial charge in [-0.15, -0.1) is 0 Å². The van der Waals surface area contributed by atoms with E-state index in [9.17, 15) is 9.59 Å². The lowest BCUT2D eigenvalue weighted by molar-refractivity contribution is 0.0696. The maximum absolute atomic E-state index is 12.2. The van der Waals surface area contributed by atoms with E-state index in [1.54, 1.807) is 18.2 Å². The van der Waals surface area contributed by atoms with Crippen molar-refractivity contribution in [1.82, 2.24) is 5.32 Å². The fraction of sp³-hybridized carbons (Fsp3) is 0.120. The SMILES string of the molecule is O=C(NCC=Cc1ccc(C(=O)O)cc1Cl)OCC1c2ccccc2-c2ccccc21. The first-order valence-corrected chi connectivity index (χ1v) is 10.2. The summed E-state index contributed by atoms with van der Waals surface area (Å²) in [5.41, 5.74) is 5.48. The smallest absolute Gasteiger partial charge is 0.407 e. The van der Waals surface area contributed by atoms with Gasteiger partial charge in [0.2, 0.25) is 0 Å². The van der Waals surface area contributed by atoms with Gasteiger partial charge in [-0.05, 0) is 39.9 Å². The second kappa shape index (κ2) is 9.06. The van der Waals surface area contributed by atoms with Crippen molar-refractivity contribution >= 4 is 29.7 Å². The van der Waals surface area contributed by atoms with E-state index in [2.05, 4.69) is 29.6 Å². The van der Waals surface area contributed by atoms with Crippen LogP contribution >= 0.6 is 11.6 Å². The van der Waals surface area contributed by atoms with Crippen molar-refractivity contribution in [1.29, 1.82) is 0 Å². The molecule has 0 radical (unpaired) electrons. The molecule has 156 valence electrons. The molecule has 3 aromatic carbocycles. The average molecular weight is 434 g/mol. The third-order valence-electron chi connectivity index (χ3n) is 5.25. The Bertz CT molecular complexity index is 1130. The van der Waals surface area contributed by atoms with E-state index < -0.39 is 12.1 Å². The highest BCUT2D eigenvalue weighted by Crippen LogP contribution is 2.44. The molecule has 1 aliphatic carbocycles. The van der Waals surface area contributed by atoms with Crippen molar-refractivity contribution < 1.29 is 19.4 Å². The van der Waals surface area contributed by atoms with Crippen LogP contribution in [0.25, 0.3) is 17.2 Å². The summed E-state index contributed by atoms with van der Waals surface area (Å²) in [7, 11) is 0. The Labute approximate surface area is 184 Å². The number of hydrogen-bond acceptors (Lipinski definition) is 3. The van der Waals surface area contributed by atoms with E-state index in [1.165, 1.54) is 23.3 Å². The summed E-state index contributed by atoms with van der Waals surface area (Å²) in [4.78, 5) is 23.1. The van der Waals surface area contributed by atoms with Gasteiger partial charge in [0.1, 0.15) is 6.61 Å². The number of carbonyl (C=O) groups excluding carboxylic acids is 1. The second-order valence-corrected chi connectivity index (χ2v) is 7.56. The molecule has 0 heterocycles. The molecule has 2 N–H and O–H groups in total. The summed E-state index contributed by atoms with van der Waals surface area (Å²) in [6.45, 7) is 0.514. The molecule has 4 rings (SSSR count). The zero-order valence-corrected chi connectivity index (χ0v) is 17.3. The number of halogens is 1. The van der Waals surface area contributed by atoms with Crippen LogP contribution in [-0.4, -0.2) is 30.3 Å². The van der Waals surface area contributed by atoms with Crippen LogP contribution in [0, 0.1) is 0 Å². The van der Waals surface area contributed by atoms with E-state index in [0.717, 1.165) is 11.1 Å². The van der Waals surface area contributed by atoms with Gasteiger partial charge in [0.25, 0.3) is 0 Å². The van der Waals surface area contributed by atoms with Crippen molar-refractivity contribution in [3.63, 3.8) is 0 Å². The molecule has 0 atom stereocenters. The Hall–Kier alpha value is -3.57. The minimum Gasteiger partial charge on any atom is -0.478 e. The molecule has 6 heteroatoms. The minimum absolute atomic E-state index is 0.0141. The van der Waals surface area contributed by atoms with E-state index in [4.69, 9.17) is 21.4 Å². The highest BCUT2D eigenvalue weighted by Gasteiger charge is 2.28. The van der Waals surface area contributed by atoms with Gasteiger partial charge in [-0.3, -0.25) is 0 Å². The molecule has 5 nitrogen and oxygen atoms in total. The lowest BCUT2D eigenvalue weighted by atomic mass is 9.98. The summed E-state index contributed by atoms with van der Waals surface area (Å²) in [6.07, 6.45) is 2.94. The van der Waals surface area contributed by atoms with Crippen LogP contribution in [0.3, 0.4) is 0 Å². The van der Waals surface area contributed by atoms with Gasteiger partial charge in [0.05, 0.1) is 5.56 Å². The topological polar surface area (TPSA) is 75.6 Å². The molecule has 0 fully saturated rings. The lowest BCUT2D eigenvalue weighted by Gasteiger charge is -2.14. The van der Waals surface area contributed by atoms with Crippen molar-refractivity contribution in [3.05, 3.63) is 100 Å². The maximum atomic E-state index is 12.2. The van der Waals surface area contributed by atoms with Crippen molar-refractivity contribution in [2.45, 2.75) is 5.92 Å². The summed E-state index contributed by atoms with van der Waals surface area (Å²) < 4.78 is 5.48. The number of ether oxygens (including phenoxy) is 1. The van der Waals surface area contributed by atoms with Crippen molar-refractivity contribution in [3.8, 4) is 11.1 Å². The van der Waals surface area contributed by atoms with Crippen LogP contribution in [0.4, 0.5) is 4.79 Å². The molecule has 1 aliphatic rings. The van der Waals surface area contributed by atoms with Crippen LogP contribution in [0.2, 0.25) is 5.02 Å². The zero-order chi connectivity index (χ0) is 21.8. The molecule has 0 spiro atoms. The van der Waals surface area contributed by atoms with Crippen molar-refractivity contribution in [2.24, 2.45) is 0 Å². The first kappa shape index (κ1) is 20.7. The number of fused-ring (bicyclic) bond motifs is 3. The van der Waals surface area contributed by atoms with E-state index >= 15 is 0 Å². The van der Waals surface area contributed by atoms with Crippen LogP contribution in [0.1, 0.15) is 33.0 Å². The Morgan fingerprint density at radius 3 is 2.26 bits per heavy atom. The lowest BCUT2D eigenvalue weighted by Crippen LogP contribution is -2.26. The fourth-order valence-corrected chi connectivity index (χ4v) is 4.02. The van der Waals surface area contributed by atoms with E-state index in [0.29, 0.717) is 10.6 Å². The predicted molar refractivity (Wildman–Crippen MR) is 121 cm³/mol.